The van der Waals surface area contributed by atoms with E-state index in [4.69, 9.17) is 5.53 Å². The zero-order valence-electron chi connectivity index (χ0n) is 11.3. The third-order valence-electron chi connectivity index (χ3n) is 3.37. The predicted octanol–water partition coefficient (Wildman–Crippen LogP) is 1.90. The van der Waals surface area contributed by atoms with Crippen LogP contribution in [0.5, 0.6) is 0 Å². The van der Waals surface area contributed by atoms with Crippen molar-refractivity contribution in [2.75, 3.05) is 18.0 Å². The van der Waals surface area contributed by atoms with Crippen molar-refractivity contribution in [2.45, 2.75) is 18.2 Å². The Kier molecular flexibility index (Phi) is 4.17. The molecule has 2 rings (SSSR count). The van der Waals surface area contributed by atoms with Crippen molar-refractivity contribution in [3.63, 3.8) is 0 Å². The van der Waals surface area contributed by atoms with Gasteiger partial charge in [-0.3, -0.25) is 9.35 Å². The highest BCUT2D eigenvalue weighted by molar-refractivity contribution is 7.85. The van der Waals surface area contributed by atoms with Gasteiger partial charge >= 0.3 is 0 Å². The van der Waals surface area contributed by atoms with Crippen LogP contribution in [-0.2, 0) is 14.9 Å². The maximum absolute atomic E-state index is 12.0. The highest BCUT2D eigenvalue weighted by Crippen LogP contribution is 2.28. The Morgan fingerprint density at radius 2 is 2.24 bits per heavy atom. The molecule has 1 N–H and O–H groups in total. The third kappa shape index (κ3) is 3.33. The fourth-order valence-electron chi connectivity index (χ4n) is 2.34. The first kappa shape index (κ1) is 15.3. The van der Waals surface area contributed by atoms with Gasteiger partial charge in [0.05, 0.1) is 4.90 Å². The normalized spacial score (nSPS) is 18.7. The van der Waals surface area contributed by atoms with Crippen molar-refractivity contribution in [1.29, 1.82) is 0 Å². The van der Waals surface area contributed by atoms with E-state index in [1.807, 2.05) is 0 Å². The second-order valence-corrected chi connectivity index (χ2v) is 6.30. The lowest BCUT2D eigenvalue weighted by Gasteiger charge is -2.17. The van der Waals surface area contributed by atoms with E-state index in [1.165, 1.54) is 17.0 Å². The molecule has 0 aliphatic carbocycles. The number of hydrogen-bond acceptors (Lipinski definition) is 4. The number of hydrogen-bond donors (Lipinski definition) is 1. The number of carbonyl (C=O) groups is 1. The van der Waals surface area contributed by atoms with Gasteiger partial charge in [-0.25, -0.2) is 0 Å². The molecule has 0 aromatic heterocycles. The smallest absolute Gasteiger partial charge is 0.294 e. The van der Waals surface area contributed by atoms with E-state index in [0.29, 0.717) is 17.8 Å². The lowest BCUT2D eigenvalue weighted by molar-refractivity contribution is -0.117. The Morgan fingerprint density at radius 1 is 1.52 bits per heavy atom. The molecule has 1 amide bonds. The second kappa shape index (κ2) is 5.72. The van der Waals surface area contributed by atoms with E-state index >= 15 is 0 Å². The minimum atomic E-state index is -4.34. The van der Waals surface area contributed by atoms with Gasteiger partial charge in [0.15, 0.2) is 0 Å². The zero-order chi connectivity index (χ0) is 15.6. The molecule has 0 saturated carbocycles. The summed E-state index contributed by atoms with van der Waals surface area (Å²) in [7, 11) is -4.34. The van der Waals surface area contributed by atoms with Crippen molar-refractivity contribution in [3.05, 3.63) is 34.2 Å². The highest BCUT2D eigenvalue weighted by atomic mass is 32.2. The van der Waals surface area contributed by atoms with Gasteiger partial charge in [-0.2, -0.15) is 8.42 Å². The topological polar surface area (TPSA) is 123 Å². The number of azide groups is 1. The van der Waals surface area contributed by atoms with E-state index in [0.717, 1.165) is 0 Å². The van der Waals surface area contributed by atoms with E-state index in [2.05, 4.69) is 10.0 Å². The summed E-state index contributed by atoms with van der Waals surface area (Å²) in [5.41, 5.74) is 9.10. The molecule has 9 heteroatoms. The molecule has 0 bridgehead atoms. The quantitative estimate of drug-likeness (QED) is 0.394. The van der Waals surface area contributed by atoms with E-state index < -0.39 is 10.1 Å². The number of amides is 1. The van der Waals surface area contributed by atoms with Gasteiger partial charge in [0.2, 0.25) is 5.91 Å². The molecule has 1 saturated heterocycles. The van der Waals surface area contributed by atoms with Gasteiger partial charge < -0.3 is 4.90 Å². The minimum absolute atomic E-state index is 0.0936. The molecule has 1 aromatic carbocycles. The first-order chi connectivity index (χ1) is 9.82. The Balaban J connectivity index is 2.31. The Morgan fingerprint density at radius 3 is 2.86 bits per heavy atom. The SMILES string of the molecule is Cc1ccc(N2CC(CN=[N+]=[N-])CC2=O)cc1S(=O)(=O)O. The molecule has 0 radical (unpaired) electrons. The van der Waals surface area contributed by atoms with Crippen LogP contribution in [0.25, 0.3) is 10.4 Å². The van der Waals surface area contributed by atoms with Gasteiger partial charge in [-0.05, 0) is 36.1 Å². The predicted molar refractivity (Wildman–Crippen MR) is 75.5 cm³/mol. The number of carbonyl (C=O) groups excluding carboxylic acids is 1. The zero-order valence-corrected chi connectivity index (χ0v) is 12.1. The van der Waals surface area contributed by atoms with Crippen LogP contribution in [0.1, 0.15) is 12.0 Å². The Labute approximate surface area is 121 Å². The summed E-state index contributed by atoms with van der Waals surface area (Å²) in [5, 5.41) is 3.45. The van der Waals surface area contributed by atoms with E-state index in [-0.39, 0.29) is 29.7 Å². The lowest BCUT2D eigenvalue weighted by atomic mass is 10.1. The molecular formula is C12H14N4O4S. The summed E-state index contributed by atoms with van der Waals surface area (Å²) in [6.07, 6.45) is 0.244. The molecule has 1 aliphatic heterocycles. The van der Waals surface area contributed by atoms with Gasteiger partial charge in [-0.15, -0.1) is 0 Å². The fourth-order valence-corrected chi connectivity index (χ4v) is 3.08. The molecule has 21 heavy (non-hydrogen) atoms. The van der Waals surface area contributed by atoms with Crippen LogP contribution in [0.4, 0.5) is 5.69 Å². The van der Waals surface area contributed by atoms with Gasteiger partial charge in [-0.1, -0.05) is 11.2 Å². The van der Waals surface area contributed by atoms with E-state index in [1.54, 1.807) is 13.0 Å². The average Bonchev–Trinajstić information content (AvgIpc) is 2.77. The molecule has 0 spiro atoms. The minimum Gasteiger partial charge on any atom is -0.312 e. The van der Waals surface area contributed by atoms with Crippen molar-refractivity contribution in [1.82, 2.24) is 0 Å². The van der Waals surface area contributed by atoms with Crippen molar-refractivity contribution in [2.24, 2.45) is 11.0 Å². The summed E-state index contributed by atoms with van der Waals surface area (Å²) >= 11 is 0. The first-order valence-electron chi connectivity index (χ1n) is 6.22. The Hall–Kier alpha value is -2.09. The molecule has 1 atom stereocenters. The summed E-state index contributed by atoms with van der Waals surface area (Å²) in [5.74, 6) is -0.262. The molecule has 1 heterocycles. The van der Waals surface area contributed by atoms with Crippen LogP contribution in [0, 0.1) is 12.8 Å². The van der Waals surface area contributed by atoms with Gasteiger partial charge in [0, 0.05) is 30.1 Å². The molecule has 1 unspecified atom stereocenters. The largest absolute Gasteiger partial charge is 0.312 e. The van der Waals surface area contributed by atoms with Crippen molar-refractivity contribution in [3.8, 4) is 0 Å². The molecule has 1 aliphatic rings. The van der Waals surface area contributed by atoms with Gasteiger partial charge in [0.25, 0.3) is 10.1 Å². The fraction of sp³-hybridized carbons (Fsp3) is 0.417. The molecule has 8 nitrogen and oxygen atoms in total. The molecule has 1 aromatic rings. The van der Waals surface area contributed by atoms with Gasteiger partial charge in [0.1, 0.15) is 0 Å². The lowest BCUT2D eigenvalue weighted by Crippen LogP contribution is -2.25. The molecular weight excluding hydrogens is 296 g/mol. The molecule has 1 fully saturated rings. The first-order valence-corrected chi connectivity index (χ1v) is 7.66. The number of anilines is 1. The van der Waals surface area contributed by atoms with Crippen LogP contribution in [-0.4, -0.2) is 32.0 Å². The summed E-state index contributed by atoms with van der Waals surface area (Å²) in [4.78, 5) is 15.9. The van der Waals surface area contributed by atoms with Crippen LogP contribution in [0.15, 0.2) is 28.2 Å². The maximum Gasteiger partial charge on any atom is 0.294 e. The van der Waals surface area contributed by atoms with Crippen molar-refractivity contribution < 1.29 is 17.8 Å². The monoisotopic (exact) mass is 310 g/mol. The van der Waals surface area contributed by atoms with Crippen LogP contribution in [0.3, 0.4) is 0 Å². The number of benzene rings is 1. The van der Waals surface area contributed by atoms with E-state index in [9.17, 15) is 17.8 Å². The number of aryl methyl sites for hydroxylation is 1. The standard InChI is InChI=1S/C12H14N4O4S/c1-8-2-3-10(5-11(8)21(18,19)20)16-7-9(4-12(16)17)6-14-15-13/h2-3,5,9H,4,6-7H2,1H3,(H,18,19,20). The summed E-state index contributed by atoms with van der Waals surface area (Å²) in [6.45, 7) is 2.13. The second-order valence-electron chi connectivity index (χ2n) is 4.91. The highest BCUT2D eigenvalue weighted by Gasteiger charge is 2.30. The summed E-state index contributed by atoms with van der Waals surface area (Å²) in [6, 6.07) is 4.43. The summed E-state index contributed by atoms with van der Waals surface area (Å²) < 4.78 is 31.8. The van der Waals surface area contributed by atoms with Crippen LogP contribution < -0.4 is 4.90 Å². The molecule has 112 valence electrons. The number of nitrogens with zero attached hydrogens (tertiary/aromatic N) is 4. The maximum atomic E-state index is 12.0. The van der Waals surface area contributed by atoms with Crippen LogP contribution >= 0.6 is 0 Å². The van der Waals surface area contributed by atoms with Crippen molar-refractivity contribution >= 4 is 21.7 Å². The van der Waals surface area contributed by atoms with Crippen LogP contribution in [0.2, 0.25) is 0 Å². The Bertz CT molecular complexity index is 725. The third-order valence-corrected chi connectivity index (χ3v) is 4.37. The number of rotatable bonds is 4. The average molecular weight is 310 g/mol.